The third-order valence-corrected chi connectivity index (χ3v) is 5.09. The summed E-state index contributed by atoms with van der Waals surface area (Å²) in [5.41, 5.74) is 2.46. The minimum absolute atomic E-state index is 0.112. The first-order valence-corrected chi connectivity index (χ1v) is 9.91. The van der Waals surface area contributed by atoms with Gasteiger partial charge in [-0.15, -0.1) is 0 Å². The summed E-state index contributed by atoms with van der Waals surface area (Å²) in [4.78, 5) is 45.3. The molecule has 1 atom stereocenters. The summed E-state index contributed by atoms with van der Waals surface area (Å²) in [7, 11) is 0. The van der Waals surface area contributed by atoms with Crippen molar-refractivity contribution in [2.45, 2.75) is 32.6 Å². The molecule has 0 saturated heterocycles. The number of amides is 3. The molecule has 2 heterocycles. The lowest BCUT2D eigenvalue weighted by atomic mass is 10.1. The van der Waals surface area contributed by atoms with E-state index in [2.05, 4.69) is 25.7 Å². The maximum atomic E-state index is 12.3. The van der Waals surface area contributed by atoms with Gasteiger partial charge in [-0.2, -0.15) is 14.8 Å². The maximum Gasteiger partial charge on any atom is 0.314 e. The predicted molar refractivity (Wildman–Crippen MR) is 111 cm³/mol. The Bertz CT molecular complexity index is 1050. The summed E-state index contributed by atoms with van der Waals surface area (Å²) in [6, 6.07) is 11.3. The molecule has 0 radical (unpaired) electrons. The van der Waals surface area contributed by atoms with Crippen LogP contribution in [0.5, 0.6) is 0 Å². The molecule has 1 saturated carbocycles. The summed E-state index contributed by atoms with van der Waals surface area (Å²) in [5, 5.41) is 9.42. The van der Waals surface area contributed by atoms with Crippen molar-refractivity contribution in [3.05, 3.63) is 47.7 Å². The maximum absolute atomic E-state index is 12.3. The molecule has 0 bridgehead atoms. The van der Waals surface area contributed by atoms with Gasteiger partial charge in [0.05, 0.1) is 11.6 Å². The molecule has 1 aliphatic carbocycles. The second kappa shape index (κ2) is 8.40. The van der Waals surface area contributed by atoms with Crippen LogP contribution < -0.4 is 10.6 Å². The van der Waals surface area contributed by atoms with E-state index in [-0.39, 0.29) is 23.6 Å². The first kappa shape index (κ1) is 19.7. The summed E-state index contributed by atoms with van der Waals surface area (Å²) < 4.78 is 1.30. The number of carbonyl (C=O) groups excluding carboxylic acids is 3. The van der Waals surface area contributed by atoms with Gasteiger partial charge in [0.15, 0.2) is 0 Å². The van der Waals surface area contributed by atoms with E-state index in [1.54, 1.807) is 13.0 Å². The largest absolute Gasteiger partial charge is 0.347 e. The van der Waals surface area contributed by atoms with E-state index in [4.69, 9.17) is 0 Å². The van der Waals surface area contributed by atoms with Gasteiger partial charge in [-0.3, -0.25) is 14.4 Å². The van der Waals surface area contributed by atoms with Gasteiger partial charge >= 0.3 is 11.8 Å². The fourth-order valence-corrected chi connectivity index (χ4v) is 3.61. The van der Waals surface area contributed by atoms with E-state index in [1.165, 1.54) is 4.68 Å². The molecule has 154 valence electrons. The molecular weight excluding hydrogens is 384 g/mol. The predicted octanol–water partition coefficient (Wildman–Crippen LogP) is 1.47. The highest BCUT2D eigenvalue weighted by Gasteiger charge is 2.33. The lowest BCUT2D eigenvalue weighted by Gasteiger charge is -2.15. The van der Waals surface area contributed by atoms with Crippen LogP contribution >= 0.6 is 0 Å². The minimum atomic E-state index is -0.821. The van der Waals surface area contributed by atoms with Crippen LogP contribution in [0.2, 0.25) is 0 Å². The third kappa shape index (κ3) is 4.19. The number of fused-ring (bicyclic) bond motifs is 1. The molecular formula is C21H22N6O3. The van der Waals surface area contributed by atoms with E-state index in [0.717, 1.165) is 30.5 Å². The quantitative estimate of drug-likeness (QED) is 0.748. The molecule has 4 rings (SSSR count). The van der Waals surface area contributed by atoms with E-state index in [1.807, 2.05) is 30.3 Å². The second-order valence-electron chi connectivity index (χ2n) is 7.33. The zero-order valence-corrected chi connectivity index (χ0v) is 16.6. The van der Waals surface area contributed by atoms with Gasteiger partial charge < -0.3 is 10.6 Å². The van der Waals surface area contributed by atoms with Crippen LogP contribution in [-0.2, 0) is 20.8 Å². The Kier molecular flexibility index (Phi) is 5.51. The smallest absolute Gasteiger partial charge is 0.314 e. The molecule has 9 heteroatoms. The molecule has 2 N–H and O–H groups in total. The number of aromatic nitrogens is 2. The average molecular weight is 406 g/mol. The van der Waals surface area contributed by atoms with Crippen LogP contribution in [0.4, 0.5) is 5.82 Å². The van der Waals surface area contributed by atoms with Gasteiger partial charge in [0.1, 0.15) is 5.82 Å². The Labute approximate surface area is 173 Å². The van der Waals surface area contributed by atoms with Crippen LogP contribution in [0.15, 0.2) is 46.4 Å². The molecule has 2 aliphatic rings. The van der Waals surface area contributed by atoms with Gasteiger partial charge in [-0.05, 0) is 38.2 Å². The highest BCUT2D eigenvalue weighted by molar-refractivity contribution is 6.39. The molecule has 3 amide bonds. The molecule has 0 spiro atoms. The van der Waals surface area contributed by atoms with Crippen molar-refractivity contribution in [3.8, 4) is 0 Å². The monoisotopic (exact) mass is 406 g/mol. The van der Waals surface area contributed by atoms with Crippen molar-refractivity contribution < 1.29 is 14.4 Å². The standard InChI is InChI=1S/C21H22N6O3/c1-13-12-17(24-20(30)19(29)22-11-10-14-6-3-2-4-7-14)27(26-13)21-23-16-9-5-8-15(16)18(28)25-21/h2-4,6-7,12,15H,5,8-11H2,1H3,(H,22,29)(H,24,30). The normalized spacial score (nSPS) is 17.8. The highest BCUT2D eigenvalue weighted by Crippen LogP contribution is 2.27. The number of aliphatic imine (C=N–C) groups is 2. The van der Waals surface area contributed by atoms with Gasteiger partial charge in [-0.25, -0.2) is 4.99 Å². The number of aryl methyl sites for hydroxylation is 1. The van der Waals surface area contributed by atoms with E-state index >= 15 is 0 Å². The Balaban J connectivity index is 1.42. The molecule has 1 aliphatic heterocycles. The number of hydrogen-bond acceptors (Lipinski definition) is 5. The first-order valence-electron chi connectivity index (χ1n) is 9.91. The lowest BCUT2D eigenvalue weighted by Crippen LogP contribution is -2.37. The fraction of sp³-hybridized carbons (Fsp3) is 0.333. The molecule has 1 fully saturated rings. The number of nitrogens with one attached hydrogen (secondary N) is 2. The number of benzene rings is 1. The highest BCUT2D eigenvalue weighted by atomic mass is 16.2. The summed E-state index contributed by atoms with van der Waals surface area (Å²) >= 11 is 0. The number of nitrogens with zero attached hydrogens (tertiary/aromatic N) is 4. The Morgan fingerprint density at radius 2 is 1.97 bits per heavy atom. The lowest BCUT2D eigenvalue weighted by molar-refractivity contribution is -0.136. The van der Waals surface area contributed by atoms with E-state index in [9.17, 15) is 14.4 Å². The van der Waals surface area contributed by atoms with E-state index in [0.29, 0.717) is 18.7 Å². The SMILES string of the molecule is Cc1cc(NC(=O)C(=O)NCCc2ccccc2)n(C2=NC(=O)C3CCCC3=N2)n1. The van der Waals surface area contributed by atoms with Crippen LogP contribution in [0.3, 0.4) is 0 Å². The topological polar surface area (TPSA) is 118 Å². The molecule has 30 heavy (non-hydrogen) atoms. The second-order valence-corrected chi connectivity index (χ2v) is 7.33. The number of hydrogen-bond donors (Lipinski definition) is 2. The Hall–Kier alpha value is -3.62. The Morgan fingerprint density at radius 3 is 2.77 bits per heavy atom. The summed E-state index contributed by atoms with van der Waals surface area (Å²) in [5.74, 6) is -1.70. The first-order chi connectivity index (χ1) is 14.5. The van der Waals surface area contributed by atoms with Crippen molar-refractivity contribution in [1.29, 1.82) is 0 Å². The van der Waals surface area contributed by atoms with Crippen LogP contribution in [0, 0.1) is 12.8 Å². The number of carbonyl (C=O) groups is 3. The van der Waals surface area contributed by atoms with Crippen molar-refractivity contribution in [3.63, 3.8) is 0 Å². The molecule has 1 aromatic heterocycles. The average Bonchev–Trinajstić information content (AvgIpc) is 3.35. The van der Waals surface area contributed by atoms with Gasteiger partial charge in [0.2, 0.25) is 0 Å². The van der Waals surface area contributed by atoms with Gasteiger partial charge in [-0.1, -0.05) is 30.3 Å². The van der Waals surface area contributed by atoms with Crippen molar-refractivity contribution >= 4 is 35.2 Å². The van der Waals surface area contributed by atoms with E-state index < -0.39 is 11.8 Å². The fourth-order valence-electron chi connectivity index (χ4n) is 3.61. The zero-order valence-electron chi connectivity index (χ0n) is 16.6. The van der Waals surface area contributed by atoms with Crippen molar-refractivity contribution in [2.24, 2.45) is 15.9 Å². The van der Waals surface area contributed by atoms with Gasteiger partial charge in [0, 0.05) is 18.3 Å². The van der Waals surface area contributed by atoms with Crippen LogP contribution in [-0.4, -0.2) is 45.7 Å². The Morgan fingerprint density at radius 1 is 1.17 bits per heavy atom. The van der Waals surface area contributed by atoms with Crippen molar-refractivity contribution in [2.75, 3.05) is 11.9 Å². The number of rotatable bonds is 4. The molecule has 2 aromatic rings. The minimum Gasteiger partial charge on any atom is -0.347 e. The number of anilines is 1. The zero-order chi connectivity index (χ0) is 21.1. The van der Waals surface area contributed by atoms with Crippen LogP contribution in [0.25, 0.3) is 0 Å². The molecule has 1 unspecified atom stereocenters. The summed E-state index contributed by atoms with van der Waals surface area (Å²) in [6.07, 6.45) is 3.04. The van der Waals surface area contributed by atoms with Crippen molar-refractivity contribution in [1.82, 2.24) is 15.1 Å². The molecule has 1 aromatic carbocycles. The van der Waals surface area contributed by atoms with Gasteiger partial charge in [0.25, 0.3) is 11.9 Å². The molecule has 9 nitrogen and oxygen atoms in total. The van der Waals surface area contributed by atoms with Crippen LogP contribution in [0.1, 0.15) is 30.5 Å². The summed E-state index contributed by atoms with van der Waals surface area (Å²) in [6.45, 7) is 2.08. The third-order valence-electron chi connectivity index (χ3n) is 5.09.